The van der Waals surface area contributed by atoms with Crippen LogP contribution in [0.2, 0.25) is 0 Å². The maximum Gasteiger partial charge on any atom is 0.144 e. The number of halogens is 1. The Balaban J connectivity index is 0.000000845. The minimum absolute atomic E-state index is 0. The summed E-state index contributed by atoms with van der Waals surface area (Å²) in [6.07, 6.45) is 0. The van der Waals surface area contributed by atoms with Crippen LogP contribution in [-0.4, -0.2) is 13.2 Å². The molecule has 0 bridgehead atoms. The van der Waals surface area contributed by atoms with Gasteiger partial charge in [0.15, 0.2) is 0 Å². The van der Waals surface area contributed by atoms with E-state index in [9.17, 15) is 0 Å². The summed E-state index contributed by atoms with van der Waals surface area (Å²) >= 11 is 0. The molecule has 2 N–H and O–H groups in total. The number of nitrogens with zero attached hydrogens (tertiary/aromatic N) is 1. The van der Waals surface area contributed by atoms with E-state index in [1.54, 1.807) is 5.01 Å². The molecule has 1 heterocycles. The summed E-state index contributed by atoms with van der Waals surface area (Å²) in [4.78, 5) is 0. The molecular formula is C9H13ClN2O. The third-order valence-electron chi connectivity index (χ3n) is 2.01. The largest absolute Gasteiger partial charge is 0.489 e. The topological polar surface area (TPSA) is 38.5 Å². The standard InChI is InChI=1S/C9H12N2O.ClH/c1-7-2-3-8-9(6-7)12-5-4-11(8)10;/h2-3,6H,4-5,10H2,1H3;1H. The Morgan fingerprint density at radius 1 is 1.46 bits per heavy atom. The summed E-state index contributed by atoms with van der Waals surface area (Å²) in [6, 6.07) is 6.03. The molecule has 1 aliphatic heterocycles. The minimum Gasteiger partial charge on any atom is -0.489 e. The third-order valence-corrected chi connectivity index (χ3v) is 2.01. The Bertz CT molecular complexity index is 304. The number of fused-ring (bicyclic) bond motifs is 1. The molecule has 1 aromatic carbocycles. The summed E-state index contributed by atoms with van der Waals surface area (Å²) in [7, 11) is 0. The van der Waals surface area contributed by atoms with Gasteiger partial charge in [-0.2, -0.15) is 0 Å². The lowest BCUT2D eigenvalue weighted by molar-refractivity contribution is 0.308. The molecule has 13 heavy (non-hydrogen) atoms. The molecule has 0 saturated carbocycles. The first-order chi connectivity index (χ1) is 5.77. The number of benzene rings is 1. The van der Waals surface area contributed by atoms with E-state index in [1.165, 1.54) is 5.56 Å². The van der Waals surface area contributed by atoms with E-state index in [1.807, 2.05) is 25.1 Å². The average Bonchev–Trinajstić information content (AvgIpc) is 2.04. The Morgan fingerprint density at radius 2 is 2.23 bits per heavy atom. The van der Waals surface area contributed by atoms with Crippen molar-refractivity contribution in [1.82, 2.24) is 0 Å². The second-order valence-electron chi connectivity index (χ2n) is 3.01. The average molecular weight is 201 g/mol. The van der Waals surface area contributed by atoms with Gasteiger partial charge in [0.1, 0.15) is 12.4 Å². The van der Waals surface area contributed by atoms with Crippen molar-refractivity contribution in [3.63, 3.8) is 0 Å². The van der Waals surface area contributed by atoms with Crippen LogP contribution in [0.4, 0.5) is 5.69 Å². The van der Waals surface area contributed by atoms with Crippen molar-refractivity contribution in [3.05, 3.63) is 23.8 Å². The van der Waals surface area contributed by atoms with Crippen LogP contribution in [0.15, 0.2) is 18.2 Å². The van der Waals surface area contributed by atoms with Gasteiger partial charge in [-0.15, -0.1) is 12.4 Å². The van der Waals surface area contributed by atoms with Crippen LogP contribution in [0, 0.1) is 6.92 Å². The minimum atomic E-state index is 0. The molecule has 1 aromatic rings. The molecule has 0 aliphatic carbocycles. The van der Waals surface area contributed by atoms with E-state index in [4.69, 9.17) is 10.6 Å². The van der Waals surface area contributed by atoms with Crippen LogP contribution in [0.5, 0.6) is 5.75 Å². The summed E-state index contributed by atoms with van der Waals surface area (Å²) in [5, 5.41) is 1.72. The maximum atomic E-state index is 5.75. The van der Waals surface area contributed by atoms with Crippen LogP contribution >= 0.6 is 12.4 Å². The van der Waals surface area contributed by atoms with Gasteiger partial charge in [0.2, 0.25) is 0 Å². The highest BCUT2D eigenvalue weighted by atomic mass is 35.5. The monoisotopic (exact) mass is 200 g/mol. The second-order valence-corrected chi connectivity index (χ2v) is 3.01. The molecule has 1 aliphatic rings. The van der Waals surface area contributed by atoms with Gasteiger partial charge in [0, 0.05) is 0 Å². The van der Waals surface area contributed by atoms with E-state index in [2.05, 4.69) is 0 Å². The first-order valence-corrected chi connectivity index (χ1v) is 4.03. The Morgan fingerprint density at radius 3 is 3.00 bits per heavy atom. The number of hydrazine groups is 1. The van der Waals surface area contributed by atoms with Crippen LogP contribution in [0.3, 0.4) is 0 Å². The maximum absolute atomic E-state index is 5.75. The van der Waals surface area contributed by atoms with E-state index >= 15 is 0 Å². The van der Waals surface area contributed by atoms with Crippen LogP contribution in [-0.2, 0) is 0 Å². The highest BCUT2D eigenvalue weighted by Gasteiger charge is 2.14. The smallest absolute Gasteiger partial charge is 0.144 e. The van der Waals surface area contributed by atoms with E-state index in [0.29, 0.717) is 6.61 Å². The van der Waals surface area contributed by atoms with E-state index in [0.717, 1.165) is 18.0 Å². The number of aryl methyl sites for hydroxylation is 1. The molecule has 0 radical (unpaired) electrons. The first-order valence-electron chi connectivity index (χ1n) is 4.03. The number of hydrogen-bond donors (Lipinski definition) is 1. The van der Waals surface area contributed by atoms with Gasteiger partial charge >= 0.3 is 0 Å². The van der Waals surface area contributed by atoms with Crippen molar-refractivity contribution in [1.29, 1.82) is 0 Å². The molecule has 4 heteroatoms. The number of anilines is 1. The summed E-state index contributed by atoms with van der Waals surface area (Å²) < 4.78 is 5.45. The molecule has 0 spiro atoms. The Labute approximate surface area is 83.9 Å². The molecule has 3 nitrogen and oxygen atoms in total. The van der Waals surface area contributed by atoms with E-state index in [-0.39, 0.29) is 12.4 Å². The van der Waals surface area contributed by atoms with Crippen molar-refractivity contribution in [2.75, 3.05) is 18.2 Å². The highest BCUT2D eigenvalue weighted by Crippen LogP contribution is 2.30. The van der Waals surface area contributed by atoms with E-state index < -0.39 is 0 Å². The Hall–Kier alpha value is -0.930. The fraction of sp³-hybridized carbons (Fsp3) is 0.333. The van der Waals surface area contributed by atoms with Crippen molar-refractivity contribution >= 4 is 18.1 Å². The van der Waals surface area contributed by atoms with Gasteiger partial charge < -0.3 is 9.75 Å². The molecule has 0 fully saturated rings. The number of nitrogens with two attached hydrogens (primary N) is 1. The molecule has 0 unspecified atom stereocenters. The summed E-state index contributed by atoms with van der Waals surface area (Å²) in [5.74, 6) is 6.64. The second kappa shape index (κ2) is 3.85. The van der Waals surface area contributed by atoms with Gasteiger partial charge in [0.25, 0.3) is 0 Å². The number of hydrogen-bond acceptors (Lipinski definition) is 3. The summed E-state index contributed by atoms with van der Waals surface area (Å²) in [6.45, 7) is 3.47. The molecule has 72 valence electrons. The predicted molar refractivity (Wildman–Crippen MR) is 55.5 cm³/mol. The fourth-order valence-corrected chi connectivity index (χ4v) is 1.35. The zero-order valence-corrected chi connectivity index (χ0v) is 8.30. The molecule has 0 amide bonds. The van der Waals surface area contributed by atoms with Crippen molar-refractivity contribution < 1.29 is 4.74 Å². The van der Waals surface area contributed by atoms with Crippen molar-refractivity contribution in [2.45, 2.75) is 6.92 Å². The molecular weight excluding hydrogens is 188 g/mol. The lowest BCUT2D eigenvalue weighted by atomic mass is 10.2. The lowest BCUT2D eigenvalue weighted by Crippen LogP contribution is -2.38. The lowest BCUT2D eigenvalue weighted by Gasteiger charge is -2.27. The highest BCUT2D eigenvalue weighted by molar-refractivity contribution is 5.85. The molecule has 0 saturated heterocycles. The fourth-order valence-electron chi connectivity index (χ4n) is 1.35. The SMILES string of the molecule is Cc1ccc2c(c1)OCCN2N.Cl. The summed E-state index contributed by atoms with van der Waals surface area (Å²) in [5.41, 5.74) is 2.18. The van der Waals surface area contributed by atoms with Gasteiger partial charge in [-0.25, -0.2) is 5.84 Å². The quantitative estimate of drug-likeness (QED) is 0.645. The zero-order chi connectivity index (χ0) is 8.55. The van der Waals surface area contributed by atoms with Crippen molar-refractivity contribution in [2.24, 2.45) is 5.84 Å². The van der Waals surface area contributed by atoms with Crippen LogP contribution in [0.1, 0.15) is 5.56 Å². The molecule has 2 rings (SSSR count). The van der Waals surface area contributed by atoms with Crippen LogP contribution in [0.25, 0.3) is 0 Å². The first kappa shape index (κ1) is 10.2. The van der Waals surface area contributed by atoms with Crippen LogP contribution < -0.4 is 15.6 Å². The van der Waals surface area contributed by atoms with Gasteiger partial charge in [-0.1, -0.05) is 6.07 Å². The van der Waals surface area contributed by atoms with Gasteiger partial charge in [-0.05, 0) is 24.6 Å². The van der Waals surface area contributed by atoms with Gasteiger partial charge in [0.05, 0.1) is 12.2 Å². The molecule has 0 atom stereocenters. The zero-order valence-electron chi connectivity index (χ0n) is 7.49. The van der Waals surface area contributed by atoms with Crippen molar-refractivity contribution in [3.8, 4) is 5.75 Å². The number of rotatable bonds is 0. The predicted octanol–water partition coefficient (Wildman–Crippen LogP) is 1.49. The van der Waals surface area contributed by atoms with Gasteiger partial charge in [-0.3, -0.25) is 0 Å². The number of ether oxygens (including phenoxy) is 1. The Kier molecular flexibility index (Phi) is 3.01. The normalized spacial score (nSPS) is 14.2. The third kappa shape index (κ3) is 1.87. The molecule has 0 aromatic heterocycles.